The third kappa shape index (κ3) is 4.01. The number of benzene rings is 3. The van der Waals surface area contributed by atoms with Crippen LogP contribution in [0.2, 0.25) is 5.02 Å². The molecule has 0 saturated carbocycles. The van der Waals surface area contributed by atoms with Crippen molar-refractivity contribution in [3.8, 4) is 0 Å². The number of para-hydroxylation sites is 1. The van der Waals surface area contributed by atoms with Gasteiger partial charge in [0.25, 0.3) is 0 Å². The molecule has 4 rings (SSSR count). The van der Waals surface area contributed by atoms with Crippen molar-refractivity contribution in [2.24, 2.45) is 0 Å². The summed E-state index contributed by atoms with van der Waals surface area (Å²) >= 11 is 5.95. The number of aromatic nitrogens is 2. The van der Waals surface area contributed by atoms with Gasteiger partial charge in [-0.1, -0.05) is 66.2 Å². The summed E-state index contributed by atoms with van der Waals surface area (Å²) in [6.45, 7) is 8.13. The molecular weight excluding hydrogens is 385 g/mol. The second-order valence-electron chi connectivity index (χ2n) is 6.93. The van der Waals surface area contributed by atoms with Crippen molar-refractivity contribution >= 4 is 22.5 Å². The van der Waals surface area contributed by atoms with Gasteiger partial charge < -0.3 is 4.85 Å². The molecule has 1 atom stereocenters. The van der Waals surface area contributed by atoms with E-state index in [0.717, 1.165) is 22.2 Å². The topological polar surface area (TPSA) is 22.2 Å². The van der Waals surface area contributed by atoms with Crippen LogP contribution in [-0.2, 0) is 6.54 Å². The highest BCUT2D eigenvalue weighted by molar-refractivity contribution is 6.30. The monoisotopic (exact) mass is 403 g/mol. The van der Waals surface area contributed by atoms with Crippen molar-refractivity contribution in [3.05, 3.63) is 112 Å². The van der Waals surface area contributed by atoms with Crippen LogP contribution in [0.25, 0.3) is 15.7 Å². The fourth-order valence-corrected chi connectivity index (χ4v) is 3.86. The first-order chi connectivity index (χ1) is 14.2. The van der Waals surface area contributed by atoms with Gasteiger partial charge in [-0.15, -0.1) is 0 Å². The molecule has 29 heavy (non-hydrogen) atoms. The minimum atomic E-state index is -0.367. The van der Waals surface area contributed by atoms with Gasteiger partial charge in [-0.25, -0.2) is 11.0 Å². The summed E-state index contributed by atoms with van der Waals surface area (Å²) in [5.41, 5.74) is 3.45. The average molecular weight is 404 g/mol. The highest BCUT2D eigenvalue weighted by Gasteiger charge is 2.25. The number of hydrogen-bond donors (Lipinski definition) is 0. The van der Waals surface area contributed by atoms with E-state index in [-0.39, 0.29) is 11.7 Å². The summed E-state index contributed by atoms with van der Waals surface area (Å²) in [6, 6.07) is 22.8. The second kappa shape index (κ2) is 8.46. The van der Waals surface area contributed by atoms with E-state index in [1.54, 1.807) is 12.1 Å². The molecule has 0 radical (unpaired) electrons. The quantitative estimate of drug-likeness (QED) is 0.345. The molecule has 3 nitrogen and oxygen atoms in total. The maximum Gasteiger partial charge on any atom is 0.215 e. The fourth-order valence-electron chi connectivity index (χ4n) is 3.70. The van der Waals surface area contributed by atoms with Crippen LogP contribution in [0.1, 0.15) is 29.2 Å². The van der Waals surface area contributed by atoms with E-state index in [0.29, 0.717) is 30.1 Å². The Morgan fingerprint density at radius 1 is 1.03 bits per heavy atom. The van der Waals surface area contributed by atoms with Crippen LogP contribution < -0.4 is 0 Å². The second-order valence-corrected chi connectivity index (χ2v) is 7.37. The largest absolute Gasteiger partial charge is 0.317 e. The Bertz CT molecular complexity index is 1180. The van der Waals surface area contributed by atoms with Crippen molar-refractivity contribution < 1.29 is 4.39 Å². The molecule has 5 heteroatoms. The first kappa shape index (κ1) is 19.2. The van der Waals surface area contributed by atoms with Crippen LogP contribution in [-0.4, -0.2) is 16.3 Å². The molecule has 0 bridgehead atoms. The highest BCUT2D eigenvalue weighted by Crippen LogP contribution is 2.35. The van der Waals surface area contributed by atoms with Gasteiger partial charge in [0, 0.05) is 22.7 Å². The molecule has 144 valence electrons. The lowest BCUT2D eigenvalue weighted by Gasteiger charge is -2.14. The lowest BCUT2D eigenvalue weighted by atomic mass is 9.90. The van der Waals surface area contributed by atoms with E-state index >= 15 is 0 Å². The van der Waals surface area contributed by atoms with Crippen LogP contribution >= 0.6 is 11.6 Å². The predicted molar refractivity (Wildman–Crippen MR) is 115 cm³/mol. The summed E-state index contributed by atoms with van der Waals surface area (Å²) in [6.07, 6.45) is 0.494. The molecule has 0 amide bonds. The van der Waals surface area contributed by atoms with Gasteiger partial charge in [0.15, 0.2) is 0 Å². The van der Waals surface area contributed by atoms with Gasteiger partial charge in [0.2, 0.25) is 6.54 Å². The number of nitrogens with zero attached hydrogens (tertiary/aromatic N) is 3. The normalized spacial score (nSPS) is 12.0. The summed E-state index contributed by atoms with van der Waals surface area (Å²) in [4.78, 5) is 3.50. The van der Waals surface area contributed by atoms with Gasteiger partial charge in [0.1, 0.15) is 5.82 Å². The lowest BCUT2D eigenvalue weighted by Crippen LogP contribution is -2.08. The first-order valence-electron chi connectivity index (χ1n) is 9.45. The lowest BCUT2D eigenvalue weighted by molar-refractivity contribution is 0.582. The number of halogens is 2. The van der Waals surface area contributed by atoms with Crippen LogP contribution in [0.4, 0.5) is 4.39 Å². The highest BCUT2D eigenvalue weighted by atomic mass is 35.5. The zero-order valence-corrected chi connectivity index (χ0v) is 16.5. The smallest absolute Gasteiger partial charge is 0.215 e. The maximum absolute atomic E-state index is 14.8. The zero-order chi connectivity index (χ0) is 20.2. The molecule has 3 aromatic carbocycles. The SMILES string of the molecule is [C-]#[N+]CCC(c1ccc(Cl)cc1F)c1nn(Cc2ccccc2)c2ccccc12. The molecule has 0 aliphatic rings. The van der Waals surface area contributed by atoms with Gasteiger partial charge in [0.05, 0.1) is 17.8 Å². The molecular formula is C24H19ClFN3. The van der Waals surface area contributed by atoms with E-state index in [1.165, 1.54) is 6.07 Å². The van der Waals surface area contributed by atoms with E-state index in [9.17, 15) is 4.39 Å². The Hall–Kier alpha value is -3.16. The number of hydrogen-bond acceptors (Lipinski definition) is 1. The van der Waals surface area contributed by atoms with Gasteiger partial charge in [-0.3, -0.25) is 4.68 Å². The molecule has 0 spiro atoms. The van der Waals surface area contributed by atoms with E-state index in [2.05, 4.69) is 17.0 Å². The standard InChI is InChI=1S/C24H19ClFN3/c1-27-14-13-20(19-12-11-18(25)15-22(19)26)24-21-9-5-6-10-23(21)29(28-24)16-17-7-3-2-4-8-17/h2-12,15,20H,13-14,16H2. The predicted octanol–water partition coefficient (Wildman–Crippen LogP) is 6.32. The zero-order valence-electron chi connectivity index (χ0n) is 15.7. The number of rotatable bonds is 6. The third-order valence-electron chi connectivity index (χ3n) is 5.06. The van der Waals surface area contributed by atoms with Crippen molar-refractivity contribution in [1.82, 2.24) is 9.78 Å². The minimum Gasteiger partial charge on any atom is -0.317 e. The Morgan fingerprint density at radius 3 is 2.55 bits per heavy atom. The van der Waals surface area contributed by atoms with Crippen molar-refractivity contribution in [2.75, 3.05) is 6.54 Å². The van der Waals surface area contributed by atoms with Crippen LogP contribution in [0.5, 0.6) is 0 Å². The summed E-state index contributed by atoms with van der Waals surface area (Å²) in [5, 5.41) is 6.23. The Kier molecular flexibility index (Phi) is 5.59. The Balaban J connectivity index is 1.84. The van der Waals surface area contributed by atoms with Crippen molar-refractivity contribution in [3.63, 3.8) is 0 Å². The first-order valence-corrected chi connectivity index (χ1v) is 9.82. The van der Waals surface area contributed by atoms with Crippen LogP contribution in [0.3, 0.4) is 0 Å². The van der Waals surface area contributed by atoms with Gasteiger partial charge in [-0.2, -0.15) is 5.10 Å². The van der Waals surface area contributed by atoms with Gasteiger partial charge >= 0.3 is 0 Å². The summed E-state index contributed by atoms with van der Waals surface area (Å²) in [7, 11) is 0. The molecule has 1 unspecified atom stereocenters. The fraction of sp³-hybridized carbons (Fsp3) is 0.167. The summed E-state index contributed by atoms with van der Waals surface area (Å²) in [5.74, 6) is -0.683. The van der Waals surface area contributed by atoms with Crippen molar-refractivity contribution in [1.29, 1.82) is 0 Å². The minimum absolute atomic E-state index is 0.298. The molecule has 1 heterocycles. The third-order valence-corrected chi connectivity index (χ3v) is 5.29. The van der Waals surface area contributed by atoms with E-state index in [1.807, 2.05) is 47.1 Å². The van der Waals surface area contributed by atoms with Crippen LogP contribution in [0, 0.1) is 12.4 Å². The molecule has 4 aromatic rings. The summed E-state index contributed by atoms with van der Waals surface area (Å²) < 4.78 is 16.7. The van der Waals surface area contributed by atoms with Crippen LogP contribution in [0.15, 0.2) is 72.8 Å². The number of fused-ring (bicyclic) bond motifs is 1. The van der Waals surface area contributed by atoms with E-state index in [4.69, 9.17) is 23.3 Å². The van der Waals surface area contributed by atoms with E-state index < -0.39 is 0 Å². The molecule has 0 aliphatic carbocycles. The molecule has 0 N–H and O–H groups in total. The Labute approximate surface area is 174 Å². The average Bonchev–Trinajstić information content (AvgIpc) is 3.09. The molecule has 0 fully saturated rings. The molecule has 0 saturated heterocycles. The Morgan fingerprint density at radius 2 is 1.79 bits per heavy atom. The van der Waals surface area contributed by atoms with Gasteiger partial charge in [-0.05, 0) is 29.3 Å². The van der Waals surface area contributed by atoms with Crippen molar-refractivity contribution in [2.45, 2.75) is 18.9 Å². The molecule has 1 aromatic heterocycles. The molecule has 0 aliphatic heterocycles. The maximum atomic E-state index is 14.8.